The third kappa shape index (κ3) is 4.17. The molecule has 3 aromatic rings. The van der Waals surface area contributed by atoms with Gasteiger partial charge < -0.3 is 15.4 Å². The number of aromatic nitrogens is 3. The molecule has 1 amide bonds. The van der Waals surface area contributed by atoms with E-state index in [-0.39, 0.29) is 17.4 Å². The SMILES string of the molecule is O=C(Nc1cc(F)ccc1Oc1ccccc1)c1cn(C2CCNCC2)nn1. The molecule has 0 saturated carbocycles. The lowest BCUT2D eigenvalue weighted by Crippen LogP contribution is -2.29. The molecule has 1 saturated heterocycles. The van der Waals surface area contributed by atoms with Crippen LogP contribution in [0.25, 0.3) is 0 Å². The average Bonchev–Trinajstić information content (AvgIpc) is 3.22. The zero-order valence-electron chi connectivity index (χ0n) is 15.1. The Morgan fingerprint density at radius 2 is 1.96 bits per heavy atom. The molecular weight excluding hydrogens is 361 g/mol. The fourth-order valence-corrected chi connectivity index (χ4v) is 3.12. The summed E-state index contributed by atoms with van der Waals surface area (Å²) in [6, 6.07) is 13.3. The molecule has 2 aromatic carbocycles. The quantitative estimate of drug-likeness (QED) is 0.708. The number of carbonyl (C=O) groups excluding carboxylic acids is 1. The molecule has 7 nitrogen and oxygen atoms in total. The van der Waals surface area contributed by atoms with Crippen LogP contribution in [-0.2, 0) is 0 Å². The number of rotatable bonds is 5. The summed E-state index contributed by atoms with van der Waals surface area (Å²) in [7, 11) is 0. The number of halogens is 1. The van der Waals surface area contributed by atoms with Crippen LogP contribution in [0.15, 0.2) is 54.7 Å². The van der Waals surface area contributed by atoms with Crippen LogP contribution >= 0.6 is 0 Å². The predicted octanol–water partition coefficient (Wildman–Crippen LogP) is 3.39. The van der Waals surface area contributed by atoms with Crippen LogP contribution in [0.2, 0.25) is 0 Å². The van der Waals surface area contributed by atoms with Gasteiger partial charge in [0.15, 0.2) is 11.4 Å². The summed E-state index contributed by atoms with van der Waals surface area (Å²) in [5.74, 6) is -0.0223. The van der Waals surface area contributed by atoms with Gasteiger partial charge in [-0.1, -0.05) is 23.4 Å². The van der Waals surface area contributed by atoms with E-state index in [2.05, 4.69) is 20.9 Å². The molecule has 0 spiro atoms. The zero-order valence-corrected chi connectivity index (χ0v) is 15.1. The van der Waals surface area contributed by atoms with Crippen LogP contribution in [0, 0.1) is 5.82 Å². The number of piperidine rings is 1. The van der Waals surface area contributed by atoms with Crippen LogP contribution in [-0.4, -0.2) is 34.0 Å². The van der Waals surface area contributed by atoms with Crippen molar-refractivity contribution in [2.24, 2.45) is 0 Å². The number of nitrogens with one attached hydrogen (secondary N) is 2. The van der Waals surface area contributed by atoms with E-state index < -0.39 is 11.7 Å². The second-order valence-electron chi connectivity index (χ2n) is 6.57. The number of hydrogen-bond donors (Lipinski definition) is 2. The second-order valence-corrected chi connectivity index (χ2v) is 6.57. The minimum Gasteiger partial charge on any atom is -0.455 e. The van der Waals surface area contributed by atoms with E-state index in [1.165, 1.54) is 18.2 Å². The van der Waals surface area contributed by atoms with Crippen molar-refractivity contribution in [2.45, 2.75) is 18.9 Å². The van der Waals surface area contributed by atoms with Crippen LogP contribution in [0.5, 0.6) is 11.5 Å². The van der Waals surface area contributed by atoms with Gasteiger partial charge in [0.25, 0.3) is 5.91 Å². The maximum atomic E-state index is 13.7. The molecule has 2 N–H and O–H groups in total. The lowest BCUT2D eigenvalue weighted by molar-refractivity contribution is 0.102. The monoisotopic (exact) mass is 381 g/mol. The van der Waals surface area contributed by atoms with E-state index in [0.29, 0.717) is 11.5 Å². The van der Waals surface area contributed by atoms with Gasteiger partial charge in [0, 0.05) is 6.07 Å². The van der Waals surface area contributed by atoms with Crippen LogP contribution in [0.1, 0.15) is 29.4 Å². The van der Waals surface area contributed by atoms with Gasteiger partial charge in [-0.25, -0.2) is 9.07 Å². The number of para-hydroxylation sites is 1. The van der Waals surface area contributed by atoms with Crippen molar-refractivity contribution in [2.75, 3.05) is 18.4 Å². The molecule has 4 rings (SSSR count). The number of anilines is 1. The van der Waals surface area contributed by atoms with Gasteiger partial charge in [-0.3, -0.25) is 4.79 Å². The fourth-order valence-electron chi connectivity index (χ4n) is 3.12. The minimum absolute atomic E-state index is 0.174. The van der Waals surface area contributed by atoms with E-state index in [1.54, 1.807) is 23.0 Å². The Bertz CT molecular complexity index is 954. The minimum atomic E-state index is -0.478. The fraction of sp³-hybridized carbons (Fsp3) is 0.250. The molecular formula is C20H20FN5O2. The van der Waals surface area contributed by atoms with E-state index in [0.717, 1.165) is 25.9 Å². The summed E-state index contributed by atoms with van der Waals surface area (Å²) >= 11 is 0. The number of carbonyl (C=O) groups is 1. The molecule has 2 heterocycles. The van der Waals surface area contributed by atoms with Crippen LogP contribution < -0.4 is 15.4 Å². The Hall–Kier alpha value is -3.26. The Labute approximate surface area is 161 Å². The highest BCUT2D eigenvalue weighted by atomic mass is 19.1. The van der Waals surface area contributed by atoms with Gasteiger partial charge in [0.05, 0.1) is 17.9 Å². The molecule has 144 valence electrons. The zero-order chi connectivity index (χ0) is 19.3. The largest absolute Gasteiger partial charge is 0.455 e. The van der Waals surface area contributed by atoms with Crippen LogP contribution in [0.4, 0.5) is 10.1 Å². The standard InChI is InChI=1S/C20H20FN5O2/c21-14-6-7-19(28-16-4-2-1-3-5-16)17(12-14)23-20(27)18-13-26(25-24-18)15-8-10-22-11-9-15/h1-7,12-13,15,22H,8-11H2,(H,23,27). The van der Waals surface area contributed by atoms with E-state index in [1.807, 2.05) is 18.2 Å². The van der Waals surface area contributed by atoms with E-state index >= 15 is 0 Å². The first-order chi connectivity index (χ1) is 13.7. The van der Waals surface area contributed by atoms with Gasteiger partial charge >= 0.3 is 0 Å². The first-order valence-corrected chi connectivity index (χ1v) is 9.15. The van der Waals surface area contributed by atoms with E-state index in [4.69, 9.17) is 4.74 Å². The Kier molecular flexibility index (Phi) is 5.29. The van der Waals surface area contributed by atoms with Gasteiger partial charge in [0.2, 0.25) is 0 Å². The Morgan fingerprint density at radius 1 is 1.18 bits per heavy atom. The highest BCUT2D eigenvalue weighted by molar-refractivity contribution is 6.03. The molecule has 1 aromatic heterocycles. The normalized spacial score (nSPS) is 14.6. The molecule has 1 fully saturated rings. The molecule has 0 bridgehead atoms. The summed E-state index contributed by atoms with van der Waals surface area (Å²) < 4.78 is 21.2. The second kappa shape index (κ2) is 8.18. The summed E-state index contributed by atoms with van der Waals surface area (Å²) in [5.41, 5.74) is 0.402. The number of amides is 1. The highest BCUT2D eigenvalue weighted by Gasteiger charge is 2.20. The summed E-state index contributed by atoms with van der Waals surface area (Å²) in [5, 5.41) is 14.0. The third-order valence-corrected chi connectivity index (χ3v) is 4.59. The number of hydrogen-bond acceptors (Lipinski definition) is 5. The van der Waals surface area contributed by atoms with Gasteiger partial charge in [-0.05, 0) is 50.2 Å². The van der Waals surface area contributed by atoms with Crippen molar-refractivity contribution in [3.05, 3.63) is 66.2 Å². The predicted molar refractivity (Wildman–Crippen MR) is 102 cm³/mol. The van der Waals surface area contributed by atoms with Crippen molar-refractivity contribution < 1.29 is 13.9 Å². The first kappa shape index (κ1) is 18.1. The average molecular weight is 381 g/mol. The maximum absolute atomic E-state index is 13.7. The van der Waals surface area contributed by atoms with Crippen molar-refractivity contribution in [1.29, 1.82) is 0 Å². The van der Waals surface area contributed by atoms with E-state index in [9.17, 15) is 9.18 Å². The lowest BCUT2D eigenvalue weighted by Gasteiger charge is -2.22. The third-order valence-electron chi connectivity index (χ3n) is 4.59. The maximum Gasteiger partial charge on any atom is 0.277 e. The summed E-state index contributed by atoms with van der Waals surface area (Å²) in [6.07, 6.45) is 3.50. The topological polar surface area (TPSA) is 81.1 Å². The van der Waals surface area contributed by atoms with Crippen LogP contribution in [0.3, 0.4) is 0 Å². The van der Waals surface area contributed by atoms with Crippen molar-refractivity contribution in [3.8, 4) is 11.5 Å². The van der Waals surface area contributed by atoms with Crippen molar-refractivity contribution in [3.63, 3.8) is 0 Å². The van der Waals surface area contributed by atoms with Crippen molar-refractivity contribution in [1.82, 2.24) is 20.3 Å². The Morgan fingerprint density at radius 3 is 2.75 bits per heavy atom. The molecule has 0 atom stereocenters. The number of nitrogens with zero attached hydrogens (tertiary/aromatic N) is 3. The molecule has 8 heteroatoms. The smallest absolute Gasteiger partial charge is 0.277 e. The van der Waals surface area contributed by atoms with Crippen molar-refractivity contribution >= 4 is 11.6 Å². The molecule has 0 radical (unpaired) electrons. The summed E-state index contributed by atoms with van der Waals surface area (Å²) in [4.78, 5) is 12.6. The lowest BCUT2D eigenvalue weighted by atomic mass is 10.1. The molecule has 1 aliphatic heterocycles. The molecule has 28 heavy (non-hydrogen) atoms. The number of ether oxygens (including phenoxy) is 1. The van der Waals surface area contributed by atoms with Gasteiger partial charge in [0.1, 0.15) is 11.6 Å². The molecule has 0 aliphatic carbocycles. The van der Waals surface area contributed by atoms with Gasteiger partial charge in [-0.2, -0.15) is 0 Å². The number of benzene rings is 2. The molecule has 0 unspecified atom stereocenters. The Balaban J connectivity index is 1.51. The first-order valence-electron chi connectivity index (χ1n) is 9.15. The van der Waals surface area contributed by atoms with Gasteiger partial charge in [-0.15, -0.1) is 5.10 Å². The summed E-state index contributed by atoms with van der Waals surface area (Å²) in [6.45, 7) is 1.82. The molecule has 1 aliphatic rings. The highest BCUT2D eigenvalue weighted by Crippen LogP contribution is 2.30.